The van der Waals surface area contributed by atoms with Gasteiger partial charge in [-0.05, 0) is 83.2 Å². The highest BCUT2D eigenvalue weighted by Crippen LogP contribution is 2.26. The first-order chi connectivity index (χ1) is 20.2. The maximum atomic E-state index is 11.9. The number of nitrogens with one attached hydrogen (secondary N) is 1. The smallest absolute Gasteiger partial charge is 0.265 e. The van der Waals surface area contributed by atoms with Crippen molar-refractivity contribution in [2.45, 2.75) is 52.1 Å². The van der Waals surface area contributed by atoms with Gasteiger partial charge in [0.2, 0.25) is 0 Å². The second-order valence-electron chi connectivity index (χ2n) is 11.6. The summed E-state index contributed by atoms with van der Waals surface area (Å²) in [5, 5.41) is 9.12. The number of para-hydroxylation sites is 1. The van der Waals surface area contributed by atoms with Crippen molar-refractivity contribution in [1.82, 2.24) is 5.43 Å². The van der Waals surface area contributed by atoms with Crippen LogP contribution in [0.3, 0.4) is 0 Å². The summed E-state index contributed by atoms with van der Waals surface area (Å²) in [6, 6.07) is 34.3. The lowest BCUT2D eigenvalue weighted by Crippen LogP contribution is -2.29. The Hall–Kier alpha value is -4.66. The van der Waals surface area contributed by atoms with E-state index in [0.717, 1.165) is 41.7 Å². The highest BCUT2D eigenvalue weighted by atomic mass is 16.5. The molecule has 0 heterocycles. The molecule has 214 valence electrons. The Morgan fingerprint density at radius 1 is 0.905 bits per heavy atom. The van der Waals surface area contributed by atoms with Crippen LogP contribution in [0.25, 0.3) is 6.08 Å². The molecule has 0 saturated carbocycles. The molecular formula is C37H39N3O2. The van der Waals surface area contributed by atoms with Crippen molar-refractivity contribution in [3.8, 4) is 11.8 Å². The van der Waals surface area contributed by atoms with Gasteiger partial charge in [0.15, 0.2) is 0 Å². The molecule has 0 aliphatic carbocycles. The Labute approximate surface area is 249 Å². The van der Waals surface area contributed by atoms with E-state index in [1.165, 1.54) is 11.1 Å². The number of nitriles is 1. The Morgan fingerprint density at radius 2 is 1.55 bits per heavy atom. The number of carbonyl (C=O) groups excluding carboxylic acids is 1. The van der Waals surface area contributed by atoms with Crippen LogP contribution in [0.15, 0.2) is 103 Å². The molecule has 42 heavy (non-hydrogen) atoms. The number of carbonyl (C=O) groups is 1. The predicted octanol–water partition coefficient (Wildman–Crippen LogP) is 7.54. The van der Waals surface area contributed by atoms with Crippen LogP contribution < -0.4 is 16.0 Å². The number of nitrogens with two attached hydrogens (primary N) is 1. The molecule has 0 spiro atoms. The van der Waals surface area contributed by atoms with Crippen molar-refractivity contribution in [1.29, 1.82) is 5.26 Å². The quantitative estimate of drug-likeness (QED) is 0.113. The van der Waals surface area contributed by atoms with Crippen LogP contribution in [0.2, 0.25) is 0 Å². The minimum absolute atomic E-state index is 0.120. The summed E-state index contributed by atoms with van der Waals surface area (Å²) >= 11 is 0. The lowest BCUT2D eigenvalue weighted by Gasteiger charge is -2.19. The predicted molar refractivity (Wildman–Crippen MR) is 170 cm³/mol. The van der Waals surface area contributed by atoms with E-state index in [9.17, 15) is 4.79 Å². The Bertz CT molecular complexity index is 1520. The van der Waals surface area contributed by atoms with E-state index in [-0.39, 0.29) is 17.2 Å². The number of hydrogen-bond donors (Lipinski definition) is 2. The summed E-state index contributed by atoms with van der Waals surface area (Å²) in [6.45, 7) is 7.15. The third-order valence-electron chi connectivity index (χ3n) is 7.41. The van der Waals surface area contributed by atoms with Gasteiger partial charge in [0.25, 0.3) is 5.91 Å². The van der Waals surface area contributed by atoms with Gasteiger partial charge in [-0.3, -0.25) is 10.2 Å². The normalized spacial score (nSPS) is 12.1. The fourth-order valence-electron chi connectivity index (χ4n) is 4.79. The number of rotatable bonds is 11. The van der Waals surface area contributed by atoms with E-state index in [1.54, 1.807) is 12.1 Å². The van der Waals surface area contributed by atoms with Gasteiger partial charge in [0.1, 0.15) is 12.4 Å². The standard InChI is InChI=1S/C37H39N3O2/c1-37(2,3)34-22-17-31(18-23-34)26-42-35-7-5-4-6-32(35)19-14-28(11-8-27-9-12-30(25-38)13-10-27)24-29-15-20-33(21-16-29)36(41)40-39/h4-7,9-10,12-23,28H,8,11,24,26,39H2,1-3H3,(H,40,41)/b19-14+. The second-order valence-corrected chi connectivity index (χ2v) is 11.6. The molecule has 0 aliphatic rings. The van der Waals surface area contributed by atoms with Gasteiger partial charge in [-0.25, -0.2) is 5.84 Å². The van der Waals surface area contributed by atoms with Crippen LogP contribution >= 0.6 is 0 Å². The zero-order valence-electron chi connectivity index (χ0n) is 24.6. The first-order valence-corrected chi connectivity index (χ1v) is 14.3. The summed E-state index contributed by atoms with van der Waals surface area (Å²) in [7, 11) is 0. The number of ether oxygens (including phenoxy) is 1. The monoisotopic (exact) mass is 557 g/mol. The average molecular weight is 558 g/mol. The third kappa shape index (κ3) is 8.67. The van der Waals surface area contributed by atoms with Crippen molar-refractivity contribution in [3.63, 3.8) is 0 Å². The van der Waals surface area contributed by atoms with E-state index in [2.05, 4.69) is 74.8 Å². The molecule has 1 unspecified atom stereocenters. The van der Waals surface area contributed by atoms with Gasteiger partial charge in [-0.15, -0.1) is 0 Å². The van der Waals surface area contributed by atoms with Gasteiger partial charge in [0, 0.05) is 11.1 Å². The summed E-state index contributed by atoms with van der Waals surface area (Å²) in [5.41, 5.74) is 9.30. The van der Waals surface area contributed by atoms with Crippen molar-refractivity contribution in [2.24, 2.45) is 11.8 Å². The van der Waals surface area contributed by atoms with E-state index >= 15 is 0 Å². The number of amides is 1. The summed E-state index contributed by atoms with van der Waals surface area (Å²) in [4.78, 5) is 11.9. The molecule has 4 aromatic carbocycles. The van der Waals surface area contributed by atoms with E-state index < -0.39 is 0 Å². The van der Waals surface area contributed by atoms with Gasteiger partial charge in [-0.2, -0.15) is 5.26 Å². The largest absolute Gasteiger partial charge is 0.488 e. The molecule has 1 amide bonds. The molecule has 0 fully saturated rings. The van der Waals surface area contributed by atoms with Crippen molar-refractivity contribution in [3.05, 3.63) is 142 Å². The number of benzene rings is 4. The van der Waals surface area contributed by atoms with Gasteiger partial charge >= 0.3 is 0 Å². The van der Waals surface area contributed by atoms with Crippen molar-refractivity contribution in [2.75, 3.05) is 0 Å². The highest BCUT2D eigenvalue weighted by molar-refractivity contribution is 5.93. The van der Waals surface area contributed by atoms with Crippen LogP contribution in [0.5, 0.6) is 5.75 Å². The Morgan fingerprint density at radius 3 is 2.19 bits per heavy atom. The Balaban J connectivity index is 1.49. The van der Waals surface area contributed by atoms with E-state index in [1.807, 2.05) is 54.6 Å². The fraction of sp³-hybridized carbons (Fsp3) is 0.243. The zero-order chi connectivity index (χ0) is 30.0. The number of allylic oxidation sites excluding steroid dienone is 1. The van der Waals surface area contributed by atoms with Gasteiger partial charge in [0.05, 0.1) is 11.6 Å². The van der Waals surface area contributed by atoms with Crippen molar-refractivity contribution >= 4 is 12.0 Å². The second kappa shape index (κ2) is 14.3. The lowest BCUT2D eigenvalue weighted by atomic mass is 9.87. The molecule has 5 nitrogen and oxygen atoms in total. The van der Waals surface area contributed by atoms with E-state index in [4.69, 9.17) is 15.8 Å². The van der Waals surface area contributed by atoms with Crippen LogP contribution in [-0.4, -0.2) is 5.91 Å². The minimum atomic E-state index is -0.305. The SMILES string of the molecule is CC(C)(C)c1ccc(COc2ccccc2/C=C/C(CCc2ccc(C#N)cc2)Cc2ccc(C(=O)NN)cc2)cc1. The summed E-state index contributed by atoms with van der Waals surface area (Å²) in [5.74, 6) is 6.06. The summed E-state index contributed by atoms with van der Waals surface area (Å²) < 4.78 is 6.27. The summed E-state index contributed by atoms with van der Waals surface area (Å²) in [6.07, 6.45) is 7.04. The highest BCUT2D eigenvalue weighted by Gasteiger charge is 2.13. The topological polar surface area (TPSA) is 88.1 Å². The lowest BCUT2D eigenvalue weighted by molar-refractivity contribution is 0.0953. The molecule has 0 saturated heterocycles. The first kappa shape index (κ1) is 30.3. The number of hydrogen-bond acceptors (Lipinski definition) is 4. The molecule has 0 aliphatic heterocycles. The molecule has 4 aromatic rings. The third-order valence-corrected chi connectivity index (χ3v) is 7.41. The minimum Gasteiger partial charge on any atom is -0.488 e. The first-order valence-electron chi connectivity index (χ1n) is 14.3. The van der Waals surface area contributed by atoms with Gasteiger partial charge < -0.3 is 4.74 Å². The molecule has 3 N–H and O–H groups in total. The maximum absolute atomic E-state index is 11.9. The van der Waals surface area contributed by atoms with Crippen LogP contribution in [-0.2, 0) is 24.9 Å². The number of aryl methyl sites for hydroxylation is 1. The molecule has 0 radical (unpaired) electrons. The van der Waals surface area contributed by atoms with Crippen molar-refractivity contribution < 1.29 is 9.53 Å². The average Bonchev–Trinajstić information content (AvgIpc) is 3.01. The molecule has 1 atom stereocenters. The molecule has 5 heteroatoms. The molecular weight excluding hydrogens is 518 g/mol. The molecule has 0 aromatic heterocycles. The van der Waals surface area contributed by atoms with Gasteiger partial charge in [-0.1, -0.05) is 99.7 Å². The number of nitrogens with zero attached hydrogens (tertiary/aromatic N) is 1. The van der Waals surface area contributed by atoms with Crippen LogP contribution in [0.1, 0.15) is 70.9 Å². The number of hydrazine groups is 1. The Kier molecular flexibility index (Phi) is 10.3. The molecule has 0 bridgehead atoms. The maximum Gasteiger partial charge on any atom is 0.265 e. The number of nitrogen functional groups attached to an aromatic ring is 1. The van der Waals surface area contributed by atoms with Crippen LogP contribution in [0.4, 0.5) is 0 Å². The molecule has 4 rings (SSSR count). The zero-order valence-corrected chi connectivity index (χ0v) is 24.6. The van der Waals surface area contributed by atoms with Crippen LogP contribution in [0, 0.1) is 17.2 Å². The van der Waals surface area contributed by atoms with E-state index in [0.29, 0.717) is 17.7 Å². The fourth-order valence-corrected chi connectivity index (χ4v) is 4.79.